The van der Waals surface area contributed by atoms with Crippen molar-refractivity contribution >= 4 is 37.7 Å². The van der Waals surface area contributed by atoms with Gasteiger partial charge < -0.3 is 4.90 Å². The molecule has 1 saturated heterocycles. The quantitative estimate of drug-likeness (QED) is 0.438. The third kappa shape index (κ3) is 3.79. The molecule has 1 amide bonds. The van der Waals surface area contributed by atoms with Crippen LogP contribution in [0.1, 0.15) is 40.5 Å². The molecule has 0 radical (unpaired) electrons. The molecule has 9 heteroatoms. The lowest BCUT2D eigenvalue weighted by Crippen LogP contribution is -2.50. The number of benzene rings is 2. The minimum absolute atomic E-state index is 0.0850. The maximum atomic E-state index is 13.6. The number of nitrogens with zero attached hydrogens (tertiary/aromatic N) is 5. The molecule has 180 valence electrons. The highest BCUT2D eigenvalue weighted by molar-refractivity contribution is 7.89. The zero-order valence-electron chi connectivity index (χ0n) is 19.8. The van der Waals surface area contributed by atoms with E-state index in [-0.39, 0.29) is 23.9 Å². The van der Waals surface area contributed by atoms with Crippen molar-refractivity contribution in [2.45, 2.75) is 30.6 Å². The van der Waals surface area contributed by atoms with Gasteiger partial charge in [-0.05, 0) is 48.7 Å². The van der Waals surface area contributed by atoms with Crippen LogP contribution in [0, 0.1) is 6.92 Å². The molecule has 2 fully saturated rings. The number of carbonyl (C=O) groups is 1. The topological polar surface area (TPSA) is 88.4 Å². The molecule has 3 heterocycles. The van der Waals surface area contributed by atoms with Gasteiger partial charge in [0.1, 0.15) is 0 Å². The first-order valence-corrected chi connectivity index (χ1v) is 13.4. The van der Waals surface area contributed by atoms with Crippen LogP contribution in [0.25, 0.3) is 21.8 Å². The Labute approximate surface area is 204 Å². The number of carbonyl (C=O) groups excluding carboxylic acids is 1. The summed E-state index contributed by atoms with van der Waals surface area (Å²) in [7, 11) is -1.79. The summed E-state index contributed by atoms with van der Waals surface area (Å²) in [6.45, 7) is 3.10. The number of piperazine rings is 1. The van der Waals surface area contributed by atoms with E-state index in [1.54, 1.807) is 21.7 Å². The van der Waals surface area contributed by atoms with E-state index in [0.717, 1.165) is 46.0 Å². The number of pyridine rings is 1. The SMILES string of the molecule is Cc1nn(C)c2nc(C3CC3)cc(C(=O)N3CCN(S(=O)(=O)c4ccc5ccccc5c4)CC3)c12. The van der Waals surface area contributed by atoms with Gasteiger partial charge in [0.15, 0.2) is 5.65 Å². The molecule has 2 aromatic heterocycles. The Morgan fingerprint density at radius 3 is 2.40 bits per heavy atom. The van der Waals surface area contributed by atoms with Crippen molar-refractivity contribution in [3.63, 3.8) is 0 Å². The van der Waals surface area contributed by atoms with Crippen LogP contribution in [0.15, 0.2) is 53.4 Å². The van der Waals surface area contributed by atoms with Gasteiger partial charge in [-0.15, -0.1) is 0 Å². The molecule has 1 aliphatic carbocycles. The lowest BCUT2D eigenvalue weighted by Gasteiger charge is -2.34. The van der Waals surface area contributed by atoms with E-state index in [2.05, 4.69) is 5.10 Å². The summed E-state index contributed by atoms with van der Waals surface area (Å²) in [4.78, 5) is 20.5. The summed E-state index contributed by atoms with van der Waals surface area (Å²) in [5, 5.41) is 7.17. The molecule has 2 aromatic carbocycles. The second-order valence-corrected chi connectivity index (χ2v) is 11.4. The highest BCUT2D eigenvalue weighted by Gasteiger charge is 2.33. The Morgan fingerprint density at radius 2 is 1.69 bits per heavy atom. The molecule has 6 rings (SSSR count). The molecule has 1 saturated carbocycles. The van der Waals surface area contributed by atoms with Crippen molar-refractivity contribution in [1.29, 1.82) is 0 Å². The van der Waals surface area contributed by atoms with Gasteiger partial charge in [-0.1, -0.05) is 30.3 Å². The minimum atomic E-state index is -3.64. The Kier molecular flexibility index (Phi) is 5.16. The smallest absolute Gasteiger partial charge is 0.254 e. The van der Waals surface area contributed by atoms with E-state index in [1.807, 2.05) is 50.4 Å². The fraction of sp³-hybridized carbons (Fsp3) is 0.346. The molecule has 0 unspecified atom stereocenters. The van der Waals surface area contributed by atoms with Crippen LogP contribution in [0.2, 0.25) is 0 Å². The number of fused-ring (bicyclic) bond motifs is 2. The summed E-state index contributed by atoms with van der Waals surface area (Å²) in [6, 6.07) is 14.9. The second-order valence-electron chi connectivity index (χ2n) is 9.48. The number of rotatable bonds is 4. The number of hydrogen-bond acceptors (Lipinski definition) is 5. The number of aromatic nitrogens is 3. The van der Waals surface area contributed by atoms with Crippen molar-refractivity contribution < 1.29 is 13.2 Å². The molecule has 2 aliphatic rings. The zero-order valence-corrected chi connectivity index (χ0v) is 20.6. The highest BCUT2D eigenvalue weighted by atomic mass is 32.2. The predicted octanol–water partition coefficient (Wildman–Crippen LogP) is 3.45. The van der Waals surface area contributed by atoms with E-state index in [9.17, 15) is 13.2 Å². The number of aryl methyl sites for hydroxylation is 2. The molecule has 4 aromatic rings. The third-order valence-electron chi connectivity index (χ3n) is 7.10. The van der Waals surface area contributed by atoms with Crippen LogP contribution < -0.4 is 0 Å². The fourth-order valence-electron chi connectivity index (χ4n) is 5.00. The minimum Gasteiger partial charge on any atom is -0.336 e. The first-order valence-electron chi connectivity index (χ1n) is 12.0. The summed E-state index contributed by atoms with van der Waals surface area (Å²) < 4.78 is 29.9. The summed E-state index contributed by atoms with van der Waals surface area (Å²) in [6.07, 6.45) is 2.18. The largest absolute Gasteiger partial charge is 0.336 e. The van der Waals surface area contributed by atoms with Crippen molar-refractivity contribution in [2.75, 3.05) is 26.2 Å². The van der Waals surface area contributed by atoms with E-state index in [4.69, 9.17) is 4.98 Å². The standard InChI is InChI=1S/C26H27N5O3S/c1-17-24-22(16-23(19-7-8-19)27-25(24)29(2)28-17)26(32)30-11-13-31(14-12-30)35(33,34)21-10-9-18-5-3-4-6-20(18)15-21/h3-6,9-10,15-16,19H,7-8,11-14H2,1-2H3. The van der Waals surface area contributed by atoms with Crippen LogP contribution in [0.4, 0.5) is 0 Å². The Hall–Kier alpha value is -3.30. The Balaban J connectivity index is 1.25. The van der Waals surface area contributed by atoms with E-state index in [1.165, 1.54) is 4.31 Å². The molecule has 8 nitrogen and oxygen atoms in total. The van der Waals surface area contributed by atoms with Gasteiger partial charge in [0.2, 0.25) is 10.0 Å². The van der Waals surface area contributed by atoms with Crippen LogP contribution in [-0.4, -0.2) is 64.5 Å². The average molecular weight is 490 g/mol. The normalized spacial score (nSPS) is 17.4. The van der Waals surface area contributed by atoms with Crippen LogP contribution >= 0.6 is 0 Å². The van der Waals surface area contributed by atoms with Gasteiger partial charge in [0.05, 0.1) is 21.5 Å². The summed E-state index contributed by atoms with van der Waals surface area (Å²) in [5.41, 5.74) is 3.07. The maximum absolute atomic E-state index is 13.6. The van der Waals surface area contributed by atoms with Gasteiger partial charge in [0.25, 0.3) is 5.91 Å². The van der Waals surface area contributed by atoms with Crippen molar-refractivity contribution in [1.82, 2.24) is 24.0 Å². The highest BCUT2D eigenvalue weighted by Crippen LogP contribution is 2.40. The zero-order chi connectivity index (χ0) is 24.3. The molecule has 35 heavy (non-hydrogen) atoms. The van der Waals surface area contributed by atoms with E-state index >= 15 is 0 Å². The second kappa shape index (κ2) is 8.13. The molecular weight excluding hydrogens is 462 g/mol. The van der Waals surface area contributed by atoms with E-state index in [0.29, 0.717) is 24.6 Å². The fourth-order valence-corrected chi connectivity index (χ4v) is 6.46. The number of hydrogen-bond donors (Lipinski definition) is 0. The number of amides is 1. The predicted molar refractivity (Wildman–Crippen MR) is 134 cm³/mol. The maximum Gasteiger partial charge on any atom is 0.254 e. The molecule has 0 spiro atoms. The first kappa shape index (κ1) is 22.2. The summed E-state index contributed by atoms with van der Waals surface area (Å²) >= 11 is 0. The van der Waals surface area contributed by atoms with Crippen LogP contribution in [0.5, 0.6) is 0 Å². The molecule has 0 atom stereocenters. The molecular formula is C26H27N5O3S. The van der Waals surface area contributed by atoms with Crippen LogP contribution in [0.3, 0.4) is 0 Å². The lowest BCUT2D eigenvalue weighted by atomic mass is 10.1. The van der Waals surface area contributed by atoms with Crippen LogP contribution in [-0.2, 0) is 17.1 Å². The summed E-state index contributed by atoms with van der Waals surface area (Å²) in [5.74, 6) is 0.322. The van der Waals surface area contributed by atoms with Gasteiger partial charge in [-0.3, -0.25) is 9.48 Å². The third-order valence-corrected chi connectivity index (χ3v) is 8.99. The van der Waals surface area contributed by atoms with Crippen molar-refractivity contribution in [3.05, 3.63) is 65.5 Å². The average Bonchev–Trinajstić information content (AvgIpc) is 3.68. The van der Waals surface area contributed by atoms with E-state index < -0.39 is 10.0 Å². The van der Waals surface area contributed by atoms with Crippen molar-refractivity contribution in [3.8, 4) is 0 Å². The van der Waals surface area contributed by atoms with Gasteiger partial charge in [-0.2, -0.15) is 9.40 Å². The van der Waals surface area contributed by atoms with Gasteiger partial charge in [0, 0.05) is 44.8 Å². The van der Waals surface area contributed by atoms with Gasteiger partial charge >= 0.3 is 0 Å². The molecule has 0 bridgehead atoms. The van der Waals surface area contributed by atoms with Crippen molar-refractivity contribution in [2.24, 2.45) is 7.05 Å². The Bertz CT molecular complexity index is 1580. The lowest BCUT2D eigenvalue weighted by molar-refractivity contribution is 0.0699. The number of sulfonamides is 1. The molecule has 1 aliphatic heterocycles. The first-order chi connectivity index (χ1) is 16.8. The monoisotopic (exact) mass is 489 g/mol. The van der Waals surface area contributed by atoms with Gasteiger partial charge in [-0.25, -0.2) is 13.4 Å². The molecule has 0 N–H and O–H groups in total. The Morgan fingerprint density at radius 1 is 0.971 bits per heavy atom.